The second kappa shape index (κ2) is 8.96. The lowest BCUT2D eigenvalue weighted by atomic mass is 10.2. The summed E-state index contributed by atoms with van der Waals surface area (Å²) in [6.45, 7) is 4.04. The highest BCUT2D eigenvalue weighted by Crippen LogP contribution is 2.20. The molecular formula is C22H23N3O3S. The molecule has 29 heavy (non-hydrogen) atoms. The zero-order valence-electron chi connectivity index (χ0n) is 16.4. The first-order chi connectivity index (χ1) is 13.9. The zero-order valence-corrected chi connectivity index (χ0v) is 17.2. The van der Waals surface area contributed by atoms with Gasteiger partial charge in [0.2, 0.25) is 0 Å². The number of aromatic nitrogens is 2. The topological polar surface area (TPSA) is 87.1 Å². The first kappa shape index (κ1) is 20.7. The quantitative estimate of drug-likeness (QED) is 0.479. The molecule has 6 nitrogen and oxygen atoms in total. The van der Waals surface area contributed by atoms with Crippen molar-refractivity contribution in [1.29, 1.82) is 0 Å². The number of nitrogen functional groups attached to an aromatic ring is 1. The predicted octanol–water partition coefficient (Wildman–Crippen LogP) is 2.94. The number of anilines is 1. The molecule has 1 heterocycles. The van der Waals surface area contributed by atoms with E-state index in [9.17, 15) is 14.4 Å². The Morgan fingerprint density at radius 3 is 2.28 bits per heavy atom. The number of carbonyl (C=O) groups excluding carboxylic acids is 1. The van der Waals surface area contributed by atoms with Crippen LogP contribution >= 0.6 is 11.8 Å². The van der Waals surface area contributed by atoms with E-state index in [1.807, 2.05) is 61.5 Å². The minimum absolute atomic E-state index is 0.0652. The summed E-state index contributed by atoms with van der Waals surface area (Å²) in [5, 5.41) is 0. The van der Waals surface area contributed by atoms with Crippen molar-refractivity contribution in [2.45, 2.75) is 31.8 Å². The third-order valence-electron chi connectivity index (χ3n) is 4.64. The van der Waals surface area contributed by atoms with Gasteiger partial charge in [-0.25, -0.2) is 4.79 Å². The molecule has 1 aromatic heterocycles. The van der Waals surface area contributed by atoms with E-state index < -0.39 is 11.2 Å². The van der Waals surface area contributed by atoms with E-state index in [4.69, 9.17) is 5.73 Å². The molecular weight excluding hydrogens is 386 g/mol. The molecule has 0 bridgehead atoms. The van der Waals surface area contributed by atoms with Gasteiger partial charge in [0.15, 0.2) is 5.78 Å². The molecule has 0 aliphatic heterocycles. The third-order valence-corrected chi connectivity index (χ3v) is 5.65. The Labute approximate surface area is 173 Å². The molecule has 0 aliphatic rings. The molecule has 0 amide bonds. The lowest BCUT2D eigenvalue weighted by Crippen LogP contribution is -2.44. The van der Waals surface area contributed by atoms with E-state index in [0.29, 0.717) is 0 Å². The molecule has 0 radical (unpaired) electrons. The number of hydrogen-bond acceptors (Lipinski definition) is 5. The zero-order chi connectivity index (χ0) is 21.0. The van der Waals surface area contributed by atoms with Crippen LogP contribution in [-0.2, 0) is 13.1 Å². The second-order valence-electron chi connectivity index (χ2n) is 6.69. The van der Waals surface area contributed by atoms with Crippen LogP contribution in [0.25, 0.3) is 0 Å². The summed E-state index contributed by atoms with van der Waals surface area (Å²) in [6, 6.07) is 17.1. The predicted molar refractivity (Wildman–Crippen MR) is 117 cm³/mol. The number of Topliss-reactive ketones (excluding diaryl/α,β-unsaturated/α-hetero) is 1. The SMILES string of the molecule is CCn1c(=O)c(C(=O)CSc2ccc(C)cc2)c(N)n(Cc2ccccc2)c1=O. The minimum Gasteiger partial charge on any atom is -0.384 e. The Balaban J connectivity index is 1.97. The molecule has 7 heteroatoms. The van der Waals surface area contributed by atoms with Crippen LogP contribution in [0.4, 0.5) is 5.82 Å². The molecule has 0 saturated heterocycles. The smallest absolute Gasteiger partial charge is 0.332 e. The van der Waals surface area contributed by atoms with Crippen molar-refractivity contribution < 1.29 is 4.79 Å². The van der Waals surface area contributed by atoms with Crippen LogP contribution in [0.5, 0.6) is 0 Å². The van der Waals surface area contributed by atoms with Crippen molar-refractivity contribution in [3.63, 3.8) is 0 Å². The average Bonchev–Trinajstić information content (AvgIpc) is 2.72. The Morgan fingerprint density at radius 2 is 1.66 bits per heavy atom. The molecule has 0 fully saturated rings. The van der Waals surface area contributed by atoms with Crippen molar-refractivity contribution in [1.82, 2.24) is 9.13 Å². The number of nitrogens with zero attached hydrogens (tertiary/aromatic N) is 2. The summed E-state index contributed by atoms with van der Waals surface area (Å²) < 4.78 is 2.35. The fourth-order valence-corrected chi connectivity index (χ4v) is 3.80. The number of thioether (sulfide) groups is 1. The van der Waals surface area contributed by atoms with Crippen LogP contribution in [0.2, 0.25) is 0 Å². The largest absolute Gasteiger partial charge is 0.384 e. The van der Waals surface area contributed by atoms with Gasteiger partial charge in [0.1, 0.15) is 11.4 Å². The number of carbonyl (C=O) groups is 1. The number of ketones is 1. The van der Waals surface area contributed by atoms with Gasteiger partial charge in [0, 0.05) is 11.4 Å². The van der Waals surface area contributed by atoms with Crippen LogP contribution in [-0.4, -0.2) is 20.7 Å². The number of hydrogen-bond donors (Lipinski definition) is 1. The van der Waals surface area contributed by atoms with Gasteiger partial charge in [-0.05, 0) is 31.5 Å². The average molecular weight is 410 g/mol. The standard InChI is InChI=1S/C22H23N3O3S/c1-3-24-21(27)19(18(26)14-29-17-11-9-15(2)10-12-17)20(23)25(22(24)28)13-16-7-5-4-6-8-16/h4-12H,3,13-14,23H2,1-2H3. The Kier molecular flexibility index (Phi) is 6.39. The van der Waals surface area contributed by atoms with Gasteiger partial charge in [0.05, 0.1) is 12.3 Å². The lowest BCUT2D eigenvalue weighted by Gasteiger charge is -2.15. The fourth-order valence-electron chi connectivity index (χ4n) is 3.03. The monoisotopic (exact) mass is 409 g/mol. The first-order valence-corrected chi connectivity index (χ1v) is 10.3. The summed E-state index contributed by atoms with van der Waals surface area (Å²) in [5.74, 6) is -0.402. The van der Waals surface area contributed by atoms with Gasteiger partial charge in [-0.1, -0.05) is 48.0 Å². The Hall–Kier alpha value is -3.06. The molecule has 3 rings (SSSR count). The Bertz CT molecular complexity index is 1130. The maximum absolute atomic E-state index is 12.9. The normalized spacial score (nSPS) is 10.8. The van der Waals surface area contributed by atoms with Crippen LogP contribution in [0, 0.1) is 6.92 Å². The van der Waals surface area contributed by atoms with Crippen molar-refractivity contribution >= 4 is 23.4 Å². The maximum Gasteiger partial charge on any atom is 0.332 e. The molecule has 0 aliphatic carbocycles. The number of rotatable bonds is 7. The van der Waals surface area contributed by atoms with E-state index in [-0.39, 0.29) is 36.0 Å². The van der Waals surface area contributed by atoms with Gasteiger partial charge in [-0.2, -0.15) is 0 Å². The number of benzene rings is 2. The van der Waals surface area contributed by atoms with Gasteiger partial charge < -0.3 is 5.73 Å². The Morgan fingerprint density at radius 1 is 1.00 bits per heavy atom. The van der Waals surface area contributed by atoms with E-state index in [0.717, 1.165) is 20.6 Å². The summed E-state index contributed by atoms with van der Waals surface area (Å²) >= 11 is 1.34. The van der Waals surface area contributed by atoms with Crippen LogP contribution in [0.15, 0.2) is 69.1 Å². The molecule has 3 aromatic rings. The molecule has 150 valence electrons. The van der Waals surface area contributed by atoms with Crippen molar-refractivity contribution in [3.05, 3.63) is 92.1 Å². The van der Waals surface area contributed by atoms with E-state index in [1.54, 1.807) is 6.92 Å². The summed E-state index contributed by atoms with van der Waals surface area (Å²) in [5.41, 5.74) is 6.88. The van der Waals surface area contributed by atoms with Crippen molar-refractivity contribution in [3.8, 4) is 0 Å². The summed E-state index contributed by atoms with van der Waals surface area (Å²) in [7, 11) is 0. The first-order valence-electron chi connectivity index (χ1n) is 9.32. The summed E-state index contributed by atoms with van der Waals surface area (Å²) in [6.07, 6.45) is 0. The van der Waals surface area contributed by atoms with Crippen molar-refractivity contribution in [2.24, 2.45) is 0 Å². The molecule has 2 aromatic carbocycles. The third kappa shape index (κ3) is 4.51. The molecule has 0 spiro atoms. The highest BCUT2D eigenvalue weighted by Gasteiger charge is 2.22. The lowest BCUT2D eigenvalue weighted by molar-refractivity contribution is 0.102. The fraction of sp³-hybridized carbons (Fsp3) is 0.227. The minimum atomic E-state index is -0.631. The van der Waals surface area contributed by atoms with Gasteiger partial charge in [-0.3, -0.25) is 18.7 Å². The van der Waals surface area contributed by atoms with E-state index in [2.05, 4.69) is 0 Å². The van der Waals surface area contributed by atoms with Gasteiger partial charge in [-0.15, -0.1) is 11.8 Å². The highest BCUT2D eigenvalue weighted by atomic mass is 32.2. The summed E-state index contributed by atoms with van der Waals surface area (Å²) in [4.78, 5) is 39.4. The molecule has 2 N–H and O–H groups in total. The molecule has 0 atom stereocenters. The van der Waals surface area contributed by atoms with Crippen molar-refractivity contribution in [2.75, 3.05) is 11.5 Å². The second-order valence-corrected chi connectivity index (χ2v) is 7.74. The van der Waals surface area contributed by atoms with Crippen LogP contribution in [0.3, 0.4) is 0 Å². The number of aryl methyl sites for hydroxylation is 1. The molecule has 0 unspecified atom stereocenters. The molecule has 0 saturated carbocycles. The highest BCUT2D eigenvalue weighted by molar-refractivity contribution is 8.00. The number of nitrogens with two attached hydrogens (primary N) is 1. The van der Waals surface area contributed by atoms with Gasteiger partial charge in [0.25, 0.3) is 5.56 Å². The van der Waals surface area contributed by atoms with E-state index in [1.165, 1.54) is 16.3 Å². The van der Waals surface area contributed by atoms with Gasteiger partial charge >= 0.3 is 5.69 Å². The van der Waals surface area contributed by atoms with Crippen LogP contribution in [0.1, 0.15) is 28.4 Å². The maximum atomic E-state index is 12.9. The van der Waals surface area contributed by atoms with Crippen LogP contribution < -0.4 is 17.0 Å². The van der Waals surface area contributed by atoms with E-state index >= 15 is 0 Å².